The summed E-state index contributed by atoms with van der Waals surface area (Å²) in [6.45, 7) is 7.06. The number of fused-ring (bicyclic) bond motifs is 2. The minimum absolute atomic E-state index is 0.00946. The molecule has 3 heterocycles. The molecule has 3 aliphatic heterocycles. The topological polar surface area (TPSA) is 27.3 Å². The Balaban J connectivity index is 1.32. The smallest absolute Gasteiger partial charge is 0.163 e. The lowest BCUT2D eigenvalue weighted by atomic mass is 9.96. The largest absolute Gasteiger partial charge is 0.350 e. The number of nitrogens with one attached hydrogen (secondary N) is 2. The minimum Gasteiger partial charge on any atom is -0.350 e. The minimum atomic E-state index is -0.168. The SMILES string of the molecule is Fc1ccc2c(c1)Sc1ccc(Cl)cc1C[C@H]2[NH+]1CC[NH+](CCC2OCCO2)CC1. The Bertz CT molecular complexity index is 901. The summed E-state index contributed by atoms with van der Waals surface area (Å²) in [5, 5.41) is 0.769. The highest BCUT2D eigenvalue weighted by Crippen LogP contribution is 2.41. The van der Waals surface area contributed by atoms with Crippen LogP contribution in [0.5, 0.6) is 0 Å². The monoisotopic (exact) mass is 450 g/mol. The molecule has 0 amide bonds. The van der Waals surface area contributed by atoms with Gasteiger partial charge in [-0.05, 0) is 42.0 Å². The zero-order chi connectivity index (χ0) is 20.5. The van der Waals surface area contributed by atoms with E-state index in [1.807, 2.05) is 12.1 Å². The zero-order valence-corrected chi connectivity index (χ0v) is 18.5. The summed E-state index contributed by atoms with van der Waals surface area (Å²) in [6.07, 6.45) is 1.90. The quantitative estimate of drug-likeness (QED) is 0.743. The second-order valence-electron chi connectivity index (χ2n) is 8.41. The fourth-order valence-electron chi connectivity index (χ4n) is 4.92. The van der Waals surface area contributed by atoms with Crippen molar-refractivity contribution in [2.75, 3.05) is 45.9 Å². The molecule has 4 nitrogen and oxygen atoms in total. The Labute approximate surface area is 186 Å². The fraction of sp³-hybridized carbons (Fsp3) is 0.478. The first-order chi connectivity index (χ1) is 14.7. The van der Waals surface area contributed by atoms with Crippen LogP contribution in [0.25, 0.3) is 0 Å². The Morgan fingerprint density at radius 2 is 1.80 bits per heavy atom. The summed E-state index contributed by atoms with van der Waals surface area (Å²) in [7, 11) is 0. The van der Waals surface area contributed by atoms with E-state index in [2.05, 4.69) is 12.1 Å². The number of hydrogen-bond donors (Lipinski definition) is 2. The van der Waals surface area contributed by atoms with Crippen LogP contribution >= 0.6 is 23.4 Å². The highest BCUT2D eigenvalue weighted by molar-refractivity contribution is 7.99. The molecule has 2 aromatic carbocycles. The Hall–Kier alpha value is -1.15. The van der Waals surface area contributed by atoms with Crippen LogP contribution in [-0.4, -0.2) is 52.2 Å². The molecule has 5 rings (SSSR count). The van der Waals surface area contributed by atoms with E-state index in [1.54, 1.807) is 33.7 Å². The van der Waals surface area contributed by atoms with Crippen LogP contribution < -0.4 is 9.80 Å². The number of halogens is 2. The Morgan fingerprint density at radius 1 is 1.00 bits per heavy atom. The average molecular weight is 451 g/mol. The summed E-state index contributed by atoms with van der Waals surface area (Å²) >= 11 is 7.98. The molecule has 0 spiro atoms. The molecule has 2 aromatic rings. The number of ether oxygens (including phenoxy) is 2. The van der Waals surface area contributed by atoms with Crippen molar-refractivity contribution in [2.45, 2.75) is 35.0 Å². The Morgan fingerprint density at radius 3 is 2.60 bits per heavy atom. The van der Waals surface area contributed by atoms with Crippen molar-refractivity contribution in [3.05, 3.63) is 58.4 Å². The van der Waals surface area contributed by atoms with E-state index in [4.69, 9.17) is 21.1 Å². The third kappa shape index (κ3) is 4.54. The van der Waals surface area contributed by atoms with Gasteiger partial charge in [0, 0.05) is 33.2 Å². The molecule has 0 bridgehead atoms. The highest BCUT2D eigenvalue weighted by atomic mass is 35.5. The van der Waals surface area contributed by atoms with Crippen LogP contribution in [0.3, 0.4) is 0 Å². The molecule has 0 aromatic heterocycles. The lowest BCUT2D eigenvalue weighted by Crippen LogP contribution is -3.28. The highest BCUT2D eigenvalue weighted by Gasteiger charge is 2.35. The summed E-state index contributed by atoms with van der Waals surface area (Å²) in [4.78, 5) is 5.45. The van der Waals surface area contributed by atoms with Gasteiger partial charge in [-0.2, -0.15) is 0 Å². The molecule has 0 aliphatic carbocycles. The van der Waals surface area contributed by atoms with Crippen molar-refractivity contribution in [2.24, 2.45) is 0 Å². The van der Waals surface area contributed by atoms with Crippen LogP contribution in [0.2, 0.25) is 5.02 Å². The first-order valence-corrected chi connectivity index (χ1v) is 12.0. The lowest BCUT2D eigenvalue weighted by Gasteiger charge is -2.35. The number of rotatable bonds is 4. The average Bonchev–Trinajstić information content (AvgIpc) is 3.22. The van der Waals surface area contributed by atoms with Crippen molar-refractivity contribution in [1.29, 1.82) is 0 Å². The molecule has 0 unspecified atom stereocenters. The fourth-order valence-corrected chi connectivity index (χ4v) is 6.26. The molecular formula is C23H28ClFN2O2S+2. The number of quaternary nitrogens is 2. The molecule has 0 saturated carbocycles. The van der Waals surface area contributed by atoms with Crippen molar-refractivity contribution >= 4 is 23.4 Å². The third-order valence-corrected chi connectivity index (χ3v) is 7.96. The van der Waals surface area contributed by atoms with Gasteiger partial charge in [0.15, 0.2) is 6.29 Å². The predicted octanol–water partition coefficient (Wildman–Crippen LogP) is 1.77. The molecule has 2 fully saturated rings. The number of hydrogen-bond acceptors (Lipinski definition) is 3. The second kappa shape index (κ2) is 9.15. The van der Waals surface area contributed by atoms with E-state index in [0.717, 1.165) is 68.7 Å². The summed E-state index contributed by atoms with van der Waals surface area (Å²) in [5.74, 6) is -0.168. The van der Waals surface area contributed by atoms with Gasteiger partial charge in [-0.15, -0.1) is 0 Å². The normalized spacial score (nSPS) is 26.8. The van der Waals surface area contributed by atoms with E-state index >= 15 is 0 Å². The molecule has 7 heteroatoms. The molecule has 0 radical (unpaired) electrons. The van der Waals surface area contributed by atoms with Gasteiger partial charge in [0.1, 0.15) is 38.0 Å². The molecular weight excluding hydrogens is 423 g/mol. The van der Waals surface area contributed by atoms with E-state index in [9.17, 15) is 4.39 Å². The number of piperazine rings is 1. The molecule has 3 aliphatic rings. The first kappa shape index (κ1) is 20.7. The van der Waals surface area contributed by atoms with Gasteiger partial charge >= 0.3 is 0 Å². The van der Waals surface area contributed by atoms with Gasteiger partial charge in [0.05, 0.1) is 19.8 Å². The van der Waals surface area contributed by atoms with E-state index in [0.29, 0.717) is 6.04 Å². The summed E-state index contributed by atoms with van der Waals surface area (Å²) in [6, 6.07) is 11.7. The zero-order valence-electron chi connectivity index (χ0n) is 17.0. The third-order valence-electron chi connectivity index (χ3n) is 6.53. The maximum Gasteiger partial charge on any atom is 0.163 e. The van der Waals surface area contributed by atoms with Gasteiger partial charge in [0.25, 0.3) is 0 Å². The molecule has 1 atom stereocenters. The van der Waals surface area contributed by atoms with Gasteiger partial charge in [-0.25, -0.2) is 4.39 Å². The van der Waals surface area contributed by atoms with E-state index in [-0.39, 0.29) is 12.1 Å². The maximum atomic E-state index is 14.0. The first-order valence-electron chi connectivity index (χ1n) is 10.8. The lowest BCUT2D eigenvalue weighted by molar-refractivity contribution is -1.03. The Kier molecular flexibility index (Phi) is 6.32. The van der Waals surface area contributed by atoms with Crippen LogP contribution in [0.4, 0.5) is 4.39 Å². The second-order valence-corrected chi connectivity index (χ2v) is 9.93. The van der Waals surface area contributed by atoms with Crippen LogP contribution in [-0.2, 0) is 15.9 Å². The van der Waals surface area contributed by atoms with E-state index in [1.165, 1.54) is 16.0 Å². The van der Waals surface area contributed by atoms with Gasteiger partial charge in [-0.1, -0.05) is 23.4 Å². The van der Waals surface area contributed by atoms with Crippen LogP contribution in [0.15, 0.2) is 46.2 Å². The number of benzene rings is 2. The summed E-state index contributed by atoms with van der Waals surface area (Å²) in [5.41, 5.74) is 2.53. The van der Waals surface area contributed by atoms with Gasteiger partial charge in [0.2, 0.25) is 0 Å². The predicted molar refractivity (Wildman–Crippen MR) is 115 cm³/mol. The maximum absolute atomic E-state index is 14.0. The molecule has 2 N–H and O–H groups in total. The van der Waals surface area contributed by atoms with Crippen molar-refractivity contribution in [3.63, 3.8) is 0 Å². The van der Waals surface area contributed by atoms with Gasteiger partial charge < -0.3 is 19.3 Å². The van der Waals surface area contributed by atoms with Crippen molar-refractivity contribution in [3.8, 4) is 0 Å². The molecule has 160 valence electrons. The van der Waals surface area contributed by atoms with Crippen LogP contribution in [0, 0.1) is 5.82 Å². The standard InChI is InChI=1S/C23H26ClFN2O2S/c24-17-1-4-21-16(13-17)14-20(19-3-2-18(25)15-22(19)30-21)27-9-7-26(8-10-27)6-5-23-28-11-12-29-23/h1-4,13,15,20,23H,5-12,14H2/p+2/t20-/m1/s1. The van der Waals surface area contributed by atoms with Crippen molar-refractivity contribution in [1.82, 2.24) is 0 Å². The van der Waals surface area contributed by atoms with Crippen molar-refractivity contribution < 1.29 is 23.7 Å². The van der Waals surface area contributed by atoms with Crippen LogP contribution in [0.1, 0.15) is 23.6 Å². The summed E-state index contributed by atoms with van der Waals surface area (Å²) < 4.78 is 25.2. The van der Waals surface area contributed by atoms with E-state index < -0.39 is 0 Å². The molecule has 30 heavy (non-hydrogen) atoms. The molecule has 2 saturated heterocycles. The van der Waals surface area contributed by atoms with Gasteiger partial charge in [-0.3, -0.25) is 0 Å².